The summed E-state index contributed by atoms with van der Waals surface area (Å²) in [6.07, 6.45) is 1.44. The number of ketones is 1. The zero-order valence-corrected chi connectivity index (χ0v) is 16.3. The van der Waals surface area contributed by atoms with Gasteiger partial charge in [0.05, 0.1) is 0 Å². The van der Waals surface area contributed by atoms with E-state index in [0.29, 0.717) is 23.4 Å². The number of Topliss-reactive ketones (excluding diaryl/α,β-unsaturated/α-hetero) is 1. The SMILES string of the molecule is CCN(C(=O)c1cc(C(=O)Nc2ccc(C(C)=O)cc2)ccn1)c1ccccc1. The van der Waals surface area contributed by atoms with E-state index in [-0.39, 0.29) is 23.3 Å². The van der Waals surface area contributed by atoms with Gasteiger partial charge >= 0.3 is 0 Å². The van der Waals surface area contributed by atoms with E-state index in [9.17, 15) is 14.4 Å². The summed E-state index contributed by atoms with van der Waals surface area (Å²) in [5.41, 5.74) is 2.41. The van der Waals surface area contributed by atoms with Gasteiger partial charge in [-0.2, -0.15) is 0 Å². The smallest absolute Gasteiger partial charge is 0.276 e. The summed E-state index contributed by atoms with van der Waals surface area (Å²) in [5.74, 6) is -0.682. The molecule has 0 fully saturated rings. The van der Waals surface area contributed by atoms with Crippen LogP contribution in [0.2, 0.25) is 0 Å². The average molecular weight is 387 g/mol. The van der Waals surface area contributed by atoms with Gasteiger partial charge in [0.25, 0.3) is 11.8 Å². The molecule has 2 amide bonds. The summed E-state index contributed by atoms with van der Waals surface area (Å²) in [4.78, 5) is 42.6. The van der Waals surface area contributed by atoms with Gasteiger partial charge in [0.2, 0.25) is 0 Å². The maximum atomic E-state index is 12.9. The standard InChI is InChI=1S/C23H21N3O3/c1-3-26(20-7-5-4-6-8-20)23(29)21-15-18(13-14-24-21)22(28)25-19-11-9-17(10-12-19)16(2)27/h4-15H,3H2,1-2H3,(H,25,28). The number of nitrogens with zero attached hydrogens (tertiary/aromatic N) is 2. The van der Waals surface area contributed by atoms with Crippen LogP contribution in [-0.2, 0) is 0 Å². The number of benzene rings is 2. The minimum absolute atomic E-state index is 0.0425. The van der Waals surface area contributed by atoms with Crippen molar-refractivity contribution < 1.29 is 14.4 Å². The Labute approximate surface area is 169 Å². The first-order chi connectivity index (χ1) is 14.0. The third kappa shape index (κ3) is 4.73. The van der Waals surface area contributed by atoms with E-state index >= 15 is 0 Å². The van der Waals surface area contributed by atoms with E-state index in [2.05, 4.69) is 10.3 Å². The molecule has 0 bridgehead atoms. The molecule has 0 spiro atoms. The van der Waals surface area contributed by atoms with Crippen LogP contribution in [0.3, 0.4) is 0 Å². The van der Waals surface area contributed by atoms with Crippen molar-refractivity contribution in [1.29, 1.82) is 0 Å². The fourth-order valence-corrected chi connectivity index (χ4v) is 2.87. The summed E-state index contributed by atoms with van der Waals surface area (Å²) in [6, 6.07) is 19.0. The van der Waals surface area contributed by atoms with Crippen LogP contribution in [0.1, 0.15) is 45.1 Å². The number of hydrogen-bond donors (Lipinski definition) is 1. The summed E-state index contributed by atoms with van der Waals surface area (Å²) >= 11 is 0. The summed E-state index contributed by atoms with van der Waals surface area (Å²) in [6.45, 7) is 3.84. The van der Waals surface area contributed by atoms with Crippen molar-refractivity contribution in [2.45, 2.75) is 13.8 Å². The highest BCUT2D eigenvalue weighted by molar-refractivity contribution is 6.08. The van der Waals surface area contributed by atoms with Gasteiger partial charge in [0.1, 0.15) is 5.69 Å². The molecule has 29 heavy (non-hydrogen) atoms. The lowest BCUT2D eigenvalue weighted by Gasteiger charge is -2.20. The van der Waals surface area contributed by atoms with Gasteiger partial charge in [-0.1, -0.05) is 18.2 Å². The summed E-state index contributed by atoms with van der Waals surface area (Å²) < 4.78 is 0. The average Bonchev–Trinajstić information content (AvgIpc) is 2.75. The maximum absolute atomic E-state index is 12.9. The van der Waals surface area contributed by atoms with Crippen LogP contribution in [-0.4, -0.2) is 29.1 Å². The van der Waals surface area contributed by atoms with Crippen LogP contribution in [0, 0.1) is 0 Å². The quantitative estimate of drug-likeness (QED) is 0.643. The zero-order chi connectivity index (χ0) is 20.8. The first kappa shape index (κ1) is 19.9. The first-order valence-corrected chi connectivity index (χ1v) is 9.25. The topological polar surface area (TPSA) is 79.4 Å². The van der Waals surface area contributed by atoms with Crippen LogP contribution in [0.25, 0.3) is 0 Å². The molecule has 146 valence electrons. The lowest BCUT2D eigenvalue weighted by atomic mass is 10.1. The van der Waals surface area contributed by atoms with Crippen LogP contribution in [0.5, 0.6) is 0 Å². The van der Waals surface area contributed by atoms with E-state index in [1.807, 2.05) is 37.3 Å². The second-order valence-corrected chi connectivity index (χ2v) is 6.40. The number of aromatic nitrogens is 1. The highest BCUT2D eigenvalue weighted by Gasteiger charge is 2.19. The van der Waals surface area contributed by atoms with E-state index in [1.165, 1.54) is 19.2 Å². The lowest BCUT2D eigenvalue weighted by Crippen LogP contribution is -2.31. The molecular formula is C23H21N3O3. The van der Waals surface area contributed by atoms with Gasteiger partial charge in [-0.15, -0.1) is 0 Å². The number of para-hydroxylation sites is 1. The summed E-state index contributed by atoms with van der Waals surface area (Å²) in [7, 11) is 0. The number of amides is 2. The van der Waals surface area contributed by atoms with Crippen molar-refractivity contribution >= 4 is 29.0 Å². The highest BCUT2D eigenvalue weighted by atomic mass is 16.2. The van der Waals surface area contributed by atoms with Gasteiger partial charge in [-0.05, 0) is 62.4 Å². The van der Waals surface area contributed by atoms with E-state index in [1.54, 1.807) is 35.2 Å². The van der Waals surface area contributed by atoms with E-state index in [0.717, 1.165) is 5.69 Å². The molecule has 0 aliphatic carbocycles. The first-order valence-electron chi connectivity index (χ1n) is 9.25. The van der Waals surface area contributed by atoms with E-state index in [4.69, 9.17) is 0 Å². The Balaban J connectivity index is 1.78. The van der Waals surface area contributed by atoms with Crippen LogP contribution in [0.15, 0.2) is 72.9 Å². The Morgan fingerprint density at radius 3 is 2.24 bits per heavy atom. The Bertz CT molecular complexity index is 1030. The molecule has 0 aliphatic heterocycles. The third-order valence-corrected chi connectivity index (χ3v) is 4.42. The molecule has 0 unspecified atom stereocenters. The Hall–Kier alpha value is -3.80. The van der Waals surface area contributed by atoms with Crippen LogP contribution >= 0.6 is 0 Å². The van der Waals surface area contributed by atoms with Crippen molar-refractivity contribution in [3.8, 4) is 0 Å². The molecule has 1 N–H and O–H groups in total. The van der Waals surface area contributed by atoms with Crippen molar-refractivity contribution in [3.05, 3.63) is 89.7 Å². The Morgan fingerprint density at radius 2 is 1.62 bits per heavy atom. The molecule has 0 saturated carbocycles. The minimum atomic E-state index is -0.361. The minimum Gasteiger partial charge on any atom is -0.322 e. The van der Waals surface area contributed by atoms with Crippen molar-refractivity contribution in [2.75, 3.05) is 16.8 Å². The number of hydrogen-bond acceptors (Lipinski definition) is 4. The number of anilines is 2. The largest absolute Gasteiger partial charge is 0.322 e. The monoisotopic (exact) mass is 387 g/mol. The molecule has 3 rings (SSSR count). The molecule has 0 saturated heterocycles. The Morgan fingerprint density at radius 1 is 0.931 bits per heavy atom. The summed E-state index contributed by atoms with van der Waals surface area (Å²) in [5, 5.41) is 2.76. The van der Waals surface area contributed by atoms with Crippen LogP contribution < -0.4 is 10.2 Å². The molecule has 2 aromatic carbocycles. The number of rotatable bonds is 6. The fourth-order valence-electron chi connectivity index (χ4n) is 2.87. The zero-order valence-electron chi connectivity index (χ0n) is 16.3. The second kappa shape index (κ2) is 8.93. The number of nitrogens with one attached hydrogen (secondary N) is 1. The molecule has 0 atom stereocenters. The number of pyridine rings is 1. The predicted molar refractivity (Wildman–Crippen MR) is 112 cm³/mol. The number of carbonyl (C=O) groups is 3. The molecule has 6 nitrogen and oxygen atoms in total. The van der Waals surface area contributed by atoms with Crippen LogP contribution in [0.4, 0.5) is 11.4 Å². The lowest BCUT2D eigenvalue weighted by molar-refractivity contribution is 0.0981. The predicted octanol–water partition coefficient (Wildman–Crippen LogP) is 4.20. The normalized spacial score (nSPS) is 10.3. The molecule has 3 aromatic rings. The maximum Gasteiger partial charge on any atom is 0.276 e. The van der Waals surface area contributed by atoms with Gasteiger partial charge in [0.15, 0.2) is 5.78 Å². The van der Waals surface area contributed by atoms with Gasteiger partial charge in [-0.25, -0.2) is 0 Å². The van der Waals surface area contributed by atoms with Gasteiger partial charge in [0, 0.05) is 35.2 Å². The van der Waals surface area contributed by atoms with E-state index < -0.39 is 0 Å². The van der Waals surface area contributed by atoms with Crippen molar-refractivity contribution in [1.82, 2.24) is 4.98 Å². The third-order valence-electron chi connectivity index (χ3n) is 4.42. The van der Waals surface area contributed by atoms with Gasteiger partial charge < -0.3 is 10.2 Å². The Kier molecular flexibility index (Phi) is 6.14. The molecule has 0 aliphatic rings. The second-order valence-electron chi connectivity index (χ2n) is 6.40. The number of carbonyl (C=O) groups excluding carboxylic acids is 3. The fraction of sp³-hybridized carbons (Fsp3) is 0.130. The molecule has 6 heteroatoms. The molecule has 0 radical (unpaired) electrons. The highest BCUT2D eigenvalue weighted by Crippen LogP contribution is 2.17. The molecule has 1 heterocycles. The van der Waals surface area contributed by atoms with Crippen molar-refractivity contribution in [3.63, 3.8) is 0 Å². The molecule has 1 aromatic heterocycles. The van der Waals surface area contributed by atoms with Crippen molar-refractivity contribution in [2.24, 2.45) is 0 Å². The van der Waals surface area contributed by atoms with Gasteiger partial charge in [-0.3, -0.25) is 19.4 Å². The molecular weight excluding hydrogens is 366 g/mol.